The average Bonchev–Trinajstić information content (AvgIpc) is 3.05. The number of aryl methyl sites for hydroxylation is 2. The summed E-state index contributed by atoms with van der Waals surface area (Å²) in [6.07, 6.45) is 4.04. The predicted molar refractivity (Wildman–Crippen MR) is 88.3 cm³/mol. The van der Waals surface area contributed by atoms with E-state index in [1.807, 2.05) is 13.8 Å². The van der Waals surface area contributed by atoms with E-state index in [4.69, 9.17) is 14.0 Å². The Kier molecular flexibility index (Phi) is 5.39. The summed E-state index contributed by atoms with van der Waals surface area (Å²) in [4.78, 5) is 2.54. The van der Waals surface area contributed by atoms with E-state index in [-0.39, 0.29) is 6.10 Å². The quantitative estimate of drug-likeness (QED) is 0.805. The van der Waals surface area contributed by atoms with Gasteiger partial charge in [0.1, 0.15) is 5.76 Å². The van der Waals surface area contributed by atoms with Crippen LogP contribution in [0, 0.1) is 19.8 Å². The number of hydrogen-bond donors (Lipinski definition) is 0. The van der Waals surface area contributed by atoms with Gasteiger partial charge in [-0.05, 0) is 39.0 Å². The van der Waals surface area contributed by atoms with Crippen LogP contribution in [0.3, 0.4) is 0 Å². The van der Waals surface area contributed by atoms with Gasteiger partial charge in [-0.2, -0.15) is 0 Å². The Hall–Kier alpha value is -0.910. The lowest BCUT2D eigenvalue weighted by atomic mass is 9.99. The third kappa shape index (κ3) is 3.95. The zero-order chi connectivity index (χ0) is 16.4. The maximum absolute atomic E-state index is 6.30. The summed E-state index contributed by atoms with van der Waals surface area (Å²) in [6.45, 7) is 12.0. The number of aromatic nitrogens is 1. The van der Waals surface area contributed by atoms with Crippen molar-refractivity contribution in [1.29, 1.82) is 0 Å². The van der Waals surface area contributed by atoms with Gasteiger partial charge in [0.25, 0.3) is 0 Å². The number of nitrogens with zero attached hydrogens (tertiary/aromatic N) is 2. The molecule has 0 radical (unpaired) electrons. The second kappa shape index (κ2) is 7.32. The highest BCUT2D eigenvalue weighted by molar-refractivity contribution is 5.21. The molecule has 3 heterocycles. The molecule has 2 saturated heterocycles. The van der Waals surface area contributed by atoms with Crippen molar-refractivity contribution in [3.63, 3.8) is 0 Å². The second-order valence-electron chi connectivity index (χ2n) is 7.43. The van der Waals surface area contributed by atoms with Crippen LogP contribution in [0.25, 0.3) is 0 Å². The first kappa shape index (κ1) is 16.9. The lowest BCUT2D eigenvalue weighted by molar-refractivity contribution is -0.102. The topological polar surface area (TPSA) is 47.7 Å². The predicted octanol–water partition coefficient (Wildman–Crippen LogP) is 3.09. The third-order valence-electron chi connectivity index (χ3n) is 5.05. The molecule has 2 aliphatic heterocycles. The molecule has 130 valence electrons. The molecule has 1 aromatic heterocycles. The second-order valence-corrected chi connectivity index (χ2v) is 7.43. The van der Waals surface area contributed by atoms with Gasteiger partial charge in [0, 0.05) is 31.3 Å². The van der Waals surface area contributed by atoms with Crippen LogP contribution >= 0.6 is 0 Å². The Labute approximate surface area is 139 Å². The molecular weight excluding hydrogens is 292 g/mol. The summed E-state index contributed by atoms with van der Waals surface area (Å²) in [5, 5.41) is 4.07. The molecule has 0 aliphatic carbocycles. The van der Waals surface area contributed by atoms with Crippen molar-refractivity contribution in [3.8, 4) is 0 Å². The Morgan fingerprint density at radius 3 is 2.78 bits per heavy atom. The standard InChI is InChI=1S/C18H30N2O3/c1-12(2)10-21-11-15-5-6-17-18(22-15)7-8-20(17)9-16-13(3)19-23-14(16)4/h12,15,17-18H,5-11H2,1-4H3/t15-,17+,18+/m1/s1. The Bertz CT molecular complexity index is 495. The summed E-state index contributed by atoms with van der Waals surface area (Å²) in [5.74, 6) is 1.53. The van der Waals surface area contributed by atoms with E-state index in [0.717, 1.165) is 50.6 Å². The van der Waals surface area contributed by atoms with Crippen molar-refractivity contribution in [3.05, 3.63) is 17.0 Å². The van der Waals surface area contributed by atoms with Gasteiger partial charge in [0.2, 0.25) is 0 Å². The van der Waals surface area contributed by atoms with E-state index >= 15 is 0 Å². The molecule has 1 aromatic rings. The number of ether oxygens (including phenoxy) is 2. The fourth-order valence-electron chi connectivity index (χ4n) is 3.77. The van der Waals surface area contributed by atoms with Gasteiger partial charge in [-0.15, -0.1) is 0 Å². The number of rotatable bonds is 6. The van der Waals surface area contributed by atoms with E-state index in [1.165, 1.54) is 12.0 Å². The van der Waals surface area contributed by atoms with E-state index in [0.29, 0.717) is 18.1 Å². The molecule has 3 atom stereocenters. The summed E-state index contributed by atoms with van der Waals surface area (Å²) in [6, 6.07) is 0.532. The van der Waals surface area contributed by atoms with Crippen LogP contribution in [-0.4, -0.2) is 48.1 Å². The number of likely N-dealkylation sites (tertiary alicyclic amines) is 1. The Morgan fingerprint density at radius 2 is 2.09 bits per heavy atom. The molecule has 0 amide bonds. The monoisotopic (exact) mass is 322 g/mol. The molecule has 2 fully saturated rings. The number of hydrogen-bond acceptors (Lipinski definition) is 5. The first-order valence-electron chi connectivity index (χ1n) is 8.93. The summed E-state index contributed by atoms with van der Waals surface area (Å²) in [7, 11) is 0. The highest BCUT2D eigenvalue weighted by Crippen LogP contribution is 2.33. The van der Waals surface area contributed by atoms with Gasteiger partial charge in [-0.25, -0.2) is 0 Å². The number of fused-ring (bicyclic) bond motifs is 1. The fraction of sp³-hybridized carbons (Fsp3) is 0.833. The fourth-order valence-corrected chi connectivity index (χ4v) is 3.77. The van der Waals surface area contributed by atoms with E-state index in [1.54, 1.807) is 0 Å². The normalized spacial score (nSPS) is 28.5. The van der Waals surface area contributed by atoms with Crippen LogP contribution in [0.2, 0.25) is 0 Å². The smallest absolute Gasteiger partial charge is 0.138 e. The molecule has 5 nitrogen and oxygen atoms in total. The maximum atomic E-state index is 6.30. The summed E-state index contributed by atoms with van der Waals surface area (Å²) < 4.78 is 17.4. The van der Waals surface area contributed by atoms with Crippen LogP contribution < -0.4 is 0 Å². The molecule has 0 saturated carbocycles. The zero-order valence-corrected chi connectivity index (χ0v) is 14.9. The minimum Gasteiger partial charge on any atom is -0.378 e. The van der Waals surface area contributed by atoms with E-state index < -0.39 is 0 Å². The van der Waals surface area contributed by atoms with Crippen LogP contribution in [-0.2, 0) is 16.0 Å². The molecule has 0 bridgehead atoms. The average molecular weight is 322 g/mol. The molecule has 0 aromatic carbocycles. The molecule has 0 N–H and O–H groups in total. The molecule has 0 spiro atoms. The van der Waals surface area contributed by atoms with Gasteiger partial charge >= 0.3 is 0 Å². The third-order valence-corrected chi connectivity index (χ3v) is 5.05. The molecule has 23 heavy (non-hydrogen) atoms. The van der Waals surface area contributed by atoms with Crippen LogP contribution in [0.5, 0.6) is 0 Å². The maximum Gasteiger partial charge on any atom is 0.138 e. The molecule has 5 heteroatoms. The van der Waals surface area contributed by atoms with Gasteiger partial charge in [-0.3, -0.25) is 4.90 Å². The zero-order valence-electron chi connectivity index (χ0n) is 14.9. The largest absolute Gasteiger partial charge is 0.378 e. The lowest BCUT2D eigenvalue weighted by Gasteiger charge is -2.36. The van der Waals surface area contributed by atoms with E-state index in [2.05, 4.69) is 23.9 Å². The van der Waals surface area contributed by atoms with Crippen LogP contribution in [0.15, 0.2) is 4.52 Å². The lowest BCUT2D eigenvalue weighted by Crippen LogP contribution is -2.43. The van der Waals surface area contributed by atoms with Crippen LogP contribution in [0.1, 0.15) is 50.1 Å². The first-order chi connectivity index (χ1) is 11.0. The molecule has 3 rings (SSSR count). The van der Waals surface area contributed by atoms with Crippen molar-refractivity contribution in [2.75, 3.05) is 19.8 Å². The SMILES string of the molecule is Cc1noc(C)c1CN1CC[C@@H]2O[C@@H](COCC(C)C)CC[C@@H]21. The van der Waals surface area contributed by atoms with Gasteiger partial charge in [-0.1, -0.05) is 19.0 Å². The highest BCUT2D eigenvalue weighted by atomic mass is 16.5. The van der Waals surface area contributed by atoms with Crippen molar-refractivity contribution >= 4 is 0 Å². The molecular formula is C18H30N2O3. The highest BCUT2D eigenvalue weighted by Gasteiger charge is 2.40. The van der Waals surface area contributed by atoms with Gasteiger partial charge in [0.05, 0.1) is 24.5 Å². The van der Waals surface area contributed by atoms with Crippen molar-refractivity contribution in [2.24, 2.45) is 5.92 Å². The minimum absolute atomic E-state index is 0.272. The minimum atomic E-state index is 0.272. The summed E-state index contributed by atoms with van der Waals surface area (Å²) >= 11 is 0. The van der Waals surface area contributed by atoms with Crippen molar-refractivity contribution in [1.82, 2.24) is 10.1 Å². The Morgan fingerprint density at radius 1 is 1.26 bits per heavy atom. The van der Waals surface area contributed by atoms with Gasteiger partial charge in [0.15, 0.2) is 0 Å². The van der Waals surface area contributed by atoms with Crippen LogP contribution in [0.4, 0.5) is 0 Å². The first-order valence-corrected chi connectivity index (χ1v) is 8.93. The van der Waals surface area contributed by atoms with Gasteiger partial charge < -0.3 is 14.0 Å². The van der Waals surface area contributed by atoms with E-state index in [9.17, 15) is 0 Å². The molecule has 0 unspecified atom stereocenters. The Balaban J connectivity index is 1.51. The molecule has 2 aliphatic rings. The summed E-state index contributed by atoms with van der Waals surface area (Å²) in [5.41, 5.74) is 2.26. The van der Waals surface area contributed by atoms with Crippen molar-refractivity contribution in [2.45, 2.75) is 71.8 Å². The van der Waals surface area contributed by atoms with Crippen molar-refractivity contribution < 1.29 is 14.0 Å².